The Bertz CT molecular complexity index is 5800. The van der Waals surface area contributed by atoms with Gasteiger partial charge in [0.15, 0.2) is 5.16 Å². The quantitative estimate of drug-likeness (QED) is 0.0163. The number of pyridine rings is 2. The van der Waals surface area contributed by atoms with Crippen LogP contribution in [0.4, 0.5) is 14.9 Å². The van der Waals surface area contributed by atoms with E-state index in [9.17, 15) is 28.4 Å². The van der Waals surface area contributed by atoms with Gasteiger partial charge in [0.2, 0.25) is 17.5 Å². The molecule has 13 aromatic rings. The molecule has 0 atom stereocenters. The Labute approximate surface area is 760 Å². The minimum Gasteiger partial charge on any atom is -0.481 e. The molecule has 1 amide bonds. The van der Waals surface area contributed by atoms with Gasteiger partial charge in [0.25, 0.3) is 11.4 Å². The highest BCUT2D eigenvalue weighted by atomic mass is 32.2. The van der Waals surface area contributed by atoms with Gasteiger partial charge in [-0.2, -0.15) is 15.0 Å². The largest absolute Gasteiger partial charge is 0.481 e. The number of halogens is 1. The number of thioether (sulfide) groups is 1. The smallest absolute Gasteiger partial charge is 0.410 e. The van der Waals surface area contributed by atoms with E-state index in [-0.39, 0.29) is 62.1 Å². The van der Waals surface area contributed by atoms with Crippen LogP contribution in [0.1, 0.15) is 190 Å². The summed E-state index contributed by atoms with van der Waals surface area (Å²) in [7, 11) is 0. The van der Waals surface area contributed by atoms with Gasteiger partial charge in [-0.15, -0.1) is 0 Å². The lowest BCUT2D eigenvalue weighted by atomic mass is 9.80. The average Bonchev–Trinajstić information content (AvgIpc) is 0.893. The van der Waals surface area contributed by atoms with Gasteiger partial charge in [-0.25, -0.2) is 23.9 Å². The number of aromatic nitrogens is 10. The molecule has 1 saturated heterocycles. The maximum Gasteiger partial charge on any atom is 0.410 e. The molecule has 0 radical (unpaired) electrons. The van der Waals surface area contributed by atoms with Crippen LogP contribution < -0.4 is 20.3 Å². The van der Waals surface area contributed by atoms with E-state index in [1.165, 1.54) is 68.8 Å². The highest BCUT2D eigenvalue weighted by molar-refractivity contribution is 7.98. The van der Waals surface area contributed by atoms with Crippen molar-refractivity contribution >= 4 is 41.5 Å². The van der Waals surface area contributed by atoms with Gasteiger partial charge in [-0.05, 0) is 247 Å². The Balaban J connectivity index is 0.000000160. The third kappa shape index (κ3) is 32.4. The molecular weight excluding hydrogens is 1670 g/mol. The summed E-state index contributed by atoms with van der Waals surface area (Å²) in [5.41, 5.74) is 11.5. The molecule has 130 heavy (non-hydrogen) atoms. The second kappa shape index (κ2) is 50.5. The van der Waals surface area contributed by atoms with Gasteiger partial charge in [-0.1, -0.05) is 145 Å². The number of rotatable bonds is 30. The van der Waals surface area contributed by atoms with Crippen LogP contribution in [0.5, 0.6) is 17.5 Å². The average molecular weight is 1780 g/mol. The number of ether oxygens (including phenoxy) is 5. The van der Waals surface area contributed by atoms with E-state index < -0.39 is 23.5 Å². The van der Waals surface area contributed by atoms with E-state index in [0.717, 1.165) is 97.5 Å². The first kappa shape index (κ1) is 96.6. The van der Waals surface area contributed by atoms with Gasteiger partial charge in [0.1, 0.15) is 29.5 Å². The van der Waals surface area contributed by atoms with Crippen LogP contribution >= 0.6 is 11.8 Å². The number of carboxylic acid groups (broad SMARTS) is 2. The Morgan fingerprint density at radius 2 is 1.25 bits per heavy atom. The van der Waals surface area contributed by atoms with Crippen molar-refractivity contribution in [3.8, 4) is 57.8 Å². The summed E-state index contributed by atoms with van der Waals surface area (Å²) in [6, 6.07) is 62.1. The summed E-state index contributed by atoms with van der Waals surface area (Å²) in [5.74, 6) is 9.93. The van der Waals surface area contributed by atoms with E-state index in [4.69, 9.17) is 42.9 Å². The summed E-state index contributed by atoms with van der Waals surface area (Å²) in [6.07, 6.45) is 23.9. The number of hydrogen-bond acceptors (Lipinski definition) is 23. The maximum atomic E-state index is 13.3. The van der Waals surface area contributed by atoms with Gasteiger partial charge in [0.05, 0.1) is 24.9 Å². The highest BCUT2D eigenvalue weighted by Crippen LogP contribution is 2.38. The van der Waals surface area contributed by atoms with Crippen molar-refractivity contribution in [2.24, 2.45) is 5.92 Å². The summed E-state index contributed by atoms with van der Waals surface area (Å²) in [5, 5.41) is 29.3. The second-order valence-electron chi connectivity index (χ2n) is 31.8. The molecule has 6 aromatic heterocycles. The van der Waals surface area contributed by atoms with E-state index in [2.05, 4.69) is 69.3 Å². The number of esters is 1. The molecule has 674 valence electrons. The minimum absolute atomic E-state index is 0.0602. The lowest BCUT2D eigenvalue weighted by Gasteiger charge is -2.33. The van der Waals surface area contributed by atoms with Crippen LogP contribution in [-0.2, 0) is 62.0 Å². The fraction of sp³-hybridized carbons (Fsp3) is 0.314. The third-order valence-electron chi connectivity index (χ3n) is 20.8. The number of unbranched alkanes of at least 4 members (excludes halogenated alkanes) is 1. The molecule has 2 fully saturated rings. The fourth-order valence-corrected chi connectivity index (χ4v) is 14.7. The predicted molar refractivity (Wildman–Crippen MR) is 495 cm³/mol. The Hall–Kier alpha value is -14.0. The molecule has 7 aromatic carbocycles. The number of anilines is 1. The van der Waals surface area contributed by atoms with Crippen molar-refractivity contribution in [2.45, 2.75) is 180 Å². The number of piperidine rings is 1. The number of aliphatic carboxylic acids is 2. The number of likely N-dealkylation sites (tertiary alicyclic amines) is 1. The number of carbonyl (C=O) groups is 4. The number of aryl methyl sites for hydroxylation is 3. The molecule has 1 saturated carbocycles. The molecule has 15 rings (SSSR count). The molecule has 28 heteroatoms. The van der Waals surface area contributed by atoms with Crippen LogP contribution in [0.3, 0.4) is 0 Å². The van der Waals surface area contributed by atoms with Gasteiger partial charge >= 0.3 is 30.0 Å². The first-order valence-electron chi connectivity index (χ1n) is 43.6. The molecule has 1 aliphatic heterocycles. The van der Waals surface area contributed by atoms with Crippen molar-refractivity contribution < 1.29 is 66.5 Å². The monoisotopic (exact) mass is 1780 g/mol. The molecule has 0 spiro atoms. The lowest BCUT2D eigenvalue weighted by Crippen LogP contribution is -2.43. The zero-order chi connectivity index (χ0) is 91.8. The topological polar surface area (TPSA) is 334 Å². The third-order valence-corrected chi connectivity index (χ3v) is 21.8. The van der Waals surface area contributed by atoms with E-state index in [1.807, 2.05) is 186 Å². The number of carboxylic acids is 2. The van der Waals surface area contributed by atoms with E-state index >= 15 is 0 Å². The fourth-order valence-electron chi connectivity index (χ4n) is 13.8. The Kier molecular flexibility index (Phi) is 37.5. The van der Waals surface area contributed by atoms with Crippen molar-refractivity contribution in [1.82, 2.24) is 54.7 Å². The van der Waals surface area contributed by atoms with Crippen LogP contribution in [-0.4, -0.2) is 127 Å². The molecule has 1 aliphatic carbocycles. The molecular formula is C102H109FN12O14S. The first-order chi connectivity index (χ1) is 63.1. The molecule has 0 bridgehead atoms. The predicted octanol–water partition coefficient (Wildman–Crippen LogP) is 20.8. The van der Waals surface area contributed by atoms with Crippen LogP contribution in [0.2, 0.25) is 0 Å². The van der Waals surface area contributed by atoms with Crippen molar-refractivity contribution in [1.29, 1.82) is 0 Å². The first-order valence-corrected chi connectivity index (χ1v) is 44.6. The van der Waals surface area contributed by atoms with Crippen molar-refractivity contribution in [3.63, 3.8) is 0 Å². The van der Waals surface area contributed by atoms with Gasteiger partial charge in [0, 0.05) is 133 Å². The van der Waals surface area contributed by atoms with Crippen molar-refractivity contribution in [2.75, 3.05) is 31.6 Å². The van der Waals surface area contributed by atoms with Gasteiger partial charge in [-0.3, -0.25) is 28.9 Å². The minimum atomic E-state index is -0.773. The maximum absolute atomic E-state index is 13.3. The second-order valence-corrected chi connectivity index (χ2v) is 32.8. The summed E-state index contributed by atoms with van der Waals surface area (Å²) in [6.45, 7) is 16.4. The van der Waals surface area contributed by atoms with Crippen LogP contribution in [0.25, 0.3) is 28.5 Å². The SMILES string of the molecule is CC(C)(C)OC(=O)N1CCC(OCc2nc(-c3ccncc3)no2)CC1.CCCCC1CCC(c2nc(-c3ccncc3)no2)CC1.CCOC(=O)c1ccc(-n2cc(Cc3cnc(OCC)nc3)c(=O)nc2SCc2ccc(F)cc2)cc1.Cc1ccccc1C#Cc1ccc(CCC(=O)O)cc1.O=C(O)CCc1ccc(NCc2cccc(Oc3ccccc3)c2)cc1. The Morgan fingerprint density at radius 3 is 1.87 bits per heavy atom. The summed E-state index contributed by atoms with van der Waals surface area (Å²) in [4.78, 5) is 89.5. The molecule has 2 aliphatic rings. The highest BCUT2D eigenvalue weighted by Gasteiger charge is 2.29. The van der Waals surface area contributed by atoms with Crippen LogP contribution in [0, 0.1) is 30.5 Å². The molecule has 3 N–H and O–H groups in total. The number of nitrogens with one attached hydrogen (secondary N) is 1. The normalized spacial score (nSPS) is 13.4. The number of para-hydroxylation sites is 1. The molecule has 0 unspecified atom stereocenters. The van der Waals surface area contributed by atoms with Gasteiger partial charge < -0.3 is 53.2 Å². The number of benzene rings is 7. The summed E-state index contributed by atoms with van der Waals surface area (Å²) < 4.78 is 53.3. The Morgan fingerprint density at radius 1 is 0.631 bits per heavy atom. The standard InChI is InChI=1S/C27H25FN4O4S.C22H21NO3.C18H24N4O4.C18H16O2.C17H23N3O/c1-3-35-25(34)20-7-11-23(12-8-20)32-16-21(13-19-14-29-26(30-15-19)36-4-2)24(33)31-27(32)37-17-18-5-9-22(28)10-6-18;24-22(25)14-11-17-9-12-19(13-10-17)23-16-18-5-4-8-21(15-18)26-20-6-2-1-3-7-20;1-18(2,3)25-17(23)22-10-6-14(7-11-22)24-12-15-20-16(21-26-15)13-4-8-19-9-5-13;1-14-4-2-3-5-17(14)12-10-15-6-8-16(9-7-15)11-13-18(19)20;1-2-3-4-13-5-7-15(8-6-13)17-19-16(20-21-17)14-9-11-18-12-10-14/h5-12,14-16H,3-4,13,17H2,1-2H3;1-10,12-13,15,23H,11,14,16H2,(H,24,25);4-5,8-9,14H,6-7,10-12H2,1-3H3;2-9H,11,13H2,1H3,(H,19,20);9-13,15H,2-8H2,1H3. The van der Waals surface area contributed by atoms with E-state index in [0.29, 0.717) is 90.3 Å². The zero-order valence-corrected chi connectivity index (χ0v) is 75.0. The van der Waals surface area contributed by atoms with Crippen molar-refractivity contribution in [3.05, 3.63) is 327 Å². The summed E-state index contributed by atoms with van der Waals surface area (Å²) >= 11 is 1.35. The number of amides is 1. The van der Waals surface area contributed by atoms with Crippen LogP contribution in [0.15, 0.2) is 263 Å². The number of hydrogen-bond donors (Lipinski definition) is 3. The zero-order valence-electron chi connectivity index (χ0n) is 74.2. The van der Waals surface area contributed by atoms with E-state index in [1.54, 1.807) is 96.2 Å². The lowest BCUT2D eigenvalue weighted by molar-refractivity contribution is -0.138. The number of nitrogens with zero attached hydrogens (tertiary/aromatic N) is 11. The molecule has 7 heterocycles. The number of carbonyl (C=O) groups excluding carboxylic acids is 2. The molecule has 26 nitrogen and oxygen atoms in total.